The van der Waals surface area contributed by atoms with Crippen LogP contribution >= 0.6 is 22.9 Å². The maximum atomic E-state index is 12.0. The summed E-state index contributed by atoms with van der Waals surface area (Å²) in [6, 6.07) is 15.8. The van der Waals surface area contributed by atoms with Crippen LogP contribution in [0.2, 0.25) is 5.02 Å². The van der Waals surface area contributed by atoms with Crippen LogP contribution in [-0.4, -0.2) is 30.8 Å². The van der Waals surface area contributed by atoms with Crippen LogP contribution in [0.25, 0.3) is 22.9 Å². The Labute approximate surface area is 193 Å². The average Bonchev–Trinajstić information content (AvgIpc) is 3.21. The molecule has 1 aromatic heterocycles. The lowest BCUT2D eigenvalue weighted by Gasteiger charge is -2.05. The van der Waals surface area contributed by atoms with Crippen molar-refractivity contribution >= 4 is 51.7 Å². The number of anilines is 1. The first kappa shape index (κ1) is 23.0. The fourth-order valence-electron chi connectivity index (χ4n) is 2.73. The van der Waals surface area contributed by atoms with Crippen LogP contribution in [0, 0.1) is 11.3 Å². The van der Waals surface area contributed by atoms with Gasteiger partial charge in [0.25, 0.3) is 0 Å². The number of hydrogen-bond donors (Lipinski definition) is 1. The molecule has 0 fully saturated rings. The fourth-order valence-corrected chi connectivity index (χ4v) is 3.79. The maximum Gasteiger partial charge on any atom is 0.412 e. The molecule has 0 aliphatic heterocycles. The standard InChI is InChI=1S/C23H18ClN3O4S/c1-3-31-23(29)27-21-19(15-8-10-18(24)11-9-15)26-20(32-21)17(13-25)12-14-4-6-16(7-5-14)22(28)30-2/h4-12H,3H2,1-2H3,(H,27,29). The number of thiazole rings is 1. The number of amides is 1. The molecule has 0 saturated carbocycles. The zero-order chi connectivity index (χ0) is 23.1. The van der Waals surface area contributed by atoms with E-state index in [0.717, 1.165) is 16.9 Å². The summed E-state index contributed by atoms with van der Waals surface area (Å²) in [5, 5.41) is 13.9. The van der Waals surface area contributed by atoms with Gasteiger partial charge in [-0.2, -0.15) is 5.26 Å². The van der Waals surface area contributed by atoms with E-state index in [2.05, 4.69) is 16.4 Å². The third-order valence-electron chi connectivity index (χ3n) is 4.23. The Bertz CT molecular complexity index is 1200. The van der Waals surface area contributed by atoms with E-state index in [1.165, 1.54) is 7.11 Å². The predicted molar refractivity (Wildman–Crippen MR) is 124 cm³/mol. The van der Waals surface area contributed by atoms with Crippen LogP contribution in [-0.2, 0) is 9.47 Å². The average molecular weight is 468 g/mol. The van der Waals surface area contributed by atoms with Gasteiger partial charge < -0.3 is 9.47 Å². The van der Waals surface area contributed by atoms with Crippen LogP contribution < -0.4 is 5.32 Å². The molecule has 0 aliphatic rings. The first-order chi connectivity index (χ1) is 15.4. The first-order valence-electron chi connectivity index (χ1n) is 9.46. The second kappa shape index (κ2) is 10.6. The second-order valence-corrected chi connectivity index (χ2v) is 7.77. The SMILES string of the molecule is CCOC(=O)Nc1sc(C(C#N)=Cc2ccc(C(=O)OC)cc2)nc1-c1ccc(Cl)cc1. The van der Waals surface area contributed by atoms with E-state index >= 15 is 0 Å². The highest BCUT2D eigenvalue weighted by Gasteiger charge is 2.18. The van der Waals surface area contributed by atoms with Gasteiger partial charge in [0, 0.05) is 10.6 Å². The summed E-state index contributed by atoms with van der Waals surface area (Å²) in [5.41, 5.74) is 2.63. The smallest absolute Gasteiger partial charge is 0.412 e. The Morgan fingerprint density at radius 1 is 1.19 bits per heavy atom. The number of esters is 1. The van der Waals surface area contributed by atoms with Crippen LogP contribution in [0.15, 0.2) is 48.5 Å². The number of benzene rings is 2. The fraction of sp³-hybridized carbons (Fsp3) is 0.130. The molecule has 162 valence electrons. The summed E-state index contributed by atoms with van der Waals surface area (Å²) >= 11 is 7.14. The molecule has 9 heteroatoms. The number of nitrogens with zero attached hydrogens (tertiary/aromatic N) is 2. The van der Waals surface area contributed by atoms with Crippen molar-refractivity contribution in [1.82, 2.24) is 4.98 Å². The molecular weight excluding hydrogens is 450 g/mol. The lowest BCUT2D eigenvalue weighted by atomic mass is 10.1. The van der Waals surface area contributed by atoms with E-state index in [-0.39, 0.29) is 6.61 Å². The molecule has 0 saturated heterocycles. The van der Waals surface area contributed by atoms with Crippen LogP contribution in [0.5, 0.6) is 0 Å². The van der Waals surface area contributed by atoms with E-state index in [0.29, 0.717) is 37.4 Å². The number of carbonyl (C=O) groups is 2. The Balaban J connectivity index is 2.00. The lowest BCUT2D eigenvalue weighted by molar-refractivity contribution is 0.0600. The molecule has 0 bridgehead atoms. The Morgan fingerprint density at radius 3 is 2.47 bits per heavy atom. The van der Waals surface area contributed by atoms with Crippen molar-refractivity contribution in [2.45, 2.75) is 6.92 Å². The largest absolute Gasteiger partial charge is 0.465 e. The van der Waals surface area contributed by atoms with Gasteiger partial charge in [-0.15, -0.1) is 0 Å². The zero-order valence-electron chi connectivity index (χ0n) is 17.2. The van der Waals surface area contributed by atoms with Crippen molar-refractivity contribution in [2.24, 2.45) is 0 Å². The number of carbonyl (C=O) groups excluding carboxylic acids is 2. The third kappa shape index (κ3) is 5.52. The number of allylic oxidation sites excluding steroid dienone is 1. The molecule has 3 aromatic rings. The van der Waals surface area contributed by atoms with E-state index in [1.54, 1.807) is 61.5 Å². The van der Waals surface area contributed by atoms with E-state index in [1.807, 2.05) is 0 Å². The summed E-state index contributed by atoms with van der Waals surface area (Å²) < 4.78 is 9.67. The zero-order valence-corrected chi connectivity index (χ0v) is 18.8. The Kier molecular flexibility index (Phi) is 7.60. The van der Waals surface area contributed by atoms with E-state index < -0.39 is 12.1 Å². The monoisotopic (exact) mass is 467 g/mol. The molecular formula is C23H18ClN3O4S. The van der Waals surface area contributed by atoms with Crippen LogP contribution in [0.1, 0.15) is 27.9 Å². The van der Waals surface area contributed by atoms with Crippen LogP contribution in [0.3, 0.4) is 0 Å². The summed E-state index contributed by atoms with van der Waals surface area (Å²) in [6.07, 6.45) is 1.04. The normalized spacial score (nSPS) is 10.9. The van der Waals surface area contributed by atoms with Gasteiger partial charge >= 0.3 is 12.1 Å². The van der Waals surface area contributed by atoms with E-state index in [9.17, 15) is 14.9 Å². The lowest BCUT2D eigenvalue weighted by Crippen LogP contribution is -2.12. The summed E-state index contributed by atoms with van der Waals surface area (Å²) in [7, 11) is 1.31. The summed E-state index contributed by atoms with van der Waals surface area (Å²) in [6.45, 7) is 1.93. The third-order valence-corrected chi connectivity index (χ3v) is 5.49. The topological polar surface area (TPSA) is 101 Å². The highest BCUT2D eigenvalue weighted by atomic mass is 35.5. The minimum atomic E-state index is -0.612. The quantitative estimate of drug-likeness (QED) is 0.358. The summed E-state index contributed by atoms with van der Waals surface area (Å²) in [4.78, 5) is 28.2. The maximum absolute atomic E-state index is 12.0. The minimum absolute atomic E-state index is 0.221. The molecule has 0 radical (unpaired) electrons. The molecule has 7 nitrogen and oxygen atoms in total. The molecule has 1 amide bonds. The van der Waals surface area contributed by atoms with Gasteiger partial charge in [-0.3, -0.25) is 5.32 Å². The van der Waals surface area contributed by atoms with Crippen molar-refractivity contribution in [1.29, 1.82) is 5.26 Å². The number of methoxy groups -OCH3 is 1. The highest BCUT2D eigenvalue weighted by molar-refractivity contribution is 7.17. The molecule has 1 heterocycles. The van der Waals surface area contributed by atoms with Crippen molar-refractivity contribution in [3.05, 3.63) is 69.7 Å². The van der Waals surface area contributed by atoms with Crippen molar-refractivity contribution in [3.8, 4) is 17.3 Å². The molecule has 2 aromatic carbocycles. The number of halogens is 1. The van der Waals surface area contributed by atoms with Gasteiger partial charge in [0.1, 0.15) is 21.8 Å². The van der Waals surface area contributed by atoms with E-state index in [4.69, 9.17) is 21.1 Å². The van der Waals surface area contributed by atoms with Gasteiger partial charge in [0.15, 0.2) is 0 Å². The molecule has 1 N–H and O–H groups in total. The number of nitrogens with one attached hydrogen (secondary N) is 1. The van der Waals surface area contributed by atoms with Crippen molar-refractivity contribution < 1.29 is 19.1 Å². The Hall–Kier alpha value is -3.67. The number of ether oxygens (including phenoxy) is 2. The molecule has 0 spiro atoms. The van der Waals surface area contributed by atoms with Gasteiger partial charge in [0.05, 0.1) is 24.9 Å². The minimum Gasteiger partial charge on any atom is -0.465 e. The molecule has 3 rings (SSSR count). The number of rotatable bonds is 6. The van der Waals surface area contributed by atoms with Crippen LogP contribution in [0.4, 0.5) is 9.80 Å². The molecule has 0 unspecified atom stereocenters. The molecule has 0 atom stereocenters. The number of hydrogen-bond acceptors (Lipinski definition) is 7. The molecule has 32 heavy (non-hydrogen) atoms. The van der Waals surface area contributed by atoms with Crippen molar-refractivity contribution in [3.63, 3.8) is 0 Å². The first-order valence-corrected chi connectivity index (χ1v) is 10.7. The molecule has 0 aliphatic carbocycles. The predicted octanol–water partition coefficient (Wildman–Crippen LogP) is 5.88. The van der Waals surface area contributed by atoms with Gasteiger partial charge in [-0.05, 0) is 42.8 Å². The number of nitriles is 1. The van der Waals surface area contributed by atoms with Crippen molar-refractivity contribution in [2.75, 3.05) is 19.0 Å². The second-order valence-electron chi connectivity index (χ2n) is 6.33. The highest BCUT2D eigenvalue weighted by Crippen LogP contribution is 2.37. The van der Waals surface area contributed by atoms with Gasteiger partial charge in [-0.1, -0.05) is 47.2 Å². The van der Waals surface area contributed by atoms with Gasteiger partial charge in [0.2, 0.25) is 0 Å². The Morgan fingerprint density at radius 2 is 1.88 bits per heavy atom. The van der Waals surface area contributed by atoms with Gasteiger partial charge in [-0.25, -0.2) is 14.6 Å². The number of aromatic nitrogens is 1. The summed E-state index contributed by atoms with van der Waals surface area (Å²) in [5.74, 6) is -0.441.